The van der Waals surface area contributed by atoms with Crippen LogP contribution in [0, 0.1) is 17.0 Å². The number of hydrogen-bond donors (Lipinski definition) is 0. The fourth-order valence-corrected chi connectivity index (χ4v) is 3.91. The smallest absolute Gasteiger partial charge is 0.400 e. The van der Waals surface area contributed by atoms with E-state index in [-0.39, 0.29) is 11.5 Å². The lowest BCUT2D eigenvalue weighted by Crippen LogP contribution is -2.25. The molecule has 32 heavy (non-hydrogen) atoms. The Morgan fingerprint density at radius 1 is 1.12 bits per heavy atom. The number of benzene rings is 2. The predicted octanol–water partition coefficient (Wildman–Crippen LogP) is 4.99. The Bertz CT molecular complexity index is 1370. The van der Waals surface area contributed by atoms with Gasteiger partial charge in [0, 0.05) is 11.1 Å². The summed E-state index contributed by atoms with van der Waals surface area (Å²) in [6.07, 6.45) is 1.21. The van der Waals surface area contributed by atoms with E-state index in [0.29, 0.717) is 21.8 Å². The van der Waals surface area contributed by atoms with Crippen molar-refractivity contribution in [3.05, 3.63) is 87.2 Å². The number of fused-ring (bicyclic) bond motifs is 1. The molecule has 0 atom stereocenters. The Morgan fingerprint density at radius 3 is 2.50 bits per heavy atom. The number of furan rings is 1. The van der Waals surface area contributed by atoms with Gasteiger partial charge in [-0.2, -0.15) is 10.1 Å². The van der Waals surface area contributed by atoms with Gasteiger partial charge in [0.25, 0.3) is 5.91 Å². The normalized spacial score (nSPS) is 11.2. The molecule has 0 aliphatic carbocycles. The van der Waals surface area contributed by atoms with Crippen molar-refractivity contribution in [2.75, 3.05) is 5.01 Å². The van der Waals surface area contributed by atoms with Crippen LogP contribution in [0.25, 0.3) is 10.2 Å². The number of ketones is 1. The molecule has 0 saturated carbocycles. The van der Waals surface area contributed by atoms with Crippen LogP contribution >= 0.6 is 11.3 Å². The van der Waals surface area contributed by atoms with Gasteiger partial charge in [0.2, 0.25) is 5.13 Å². The molecule has 4 aromatic rings. The Kier molecular flexibility index (Phi) is 5.61. The molecule has 10 heteroatoms. The fraction of sp³-hybridized carbons (Fsp3) is 0.0909. The third-order valence-corrected chi connectivity index (χ3v) is 5.53. The van der Waals surface area contributed by atoms with E-state index in [2.05, 4.69) is 10.1 Å². The van der Waals surface area contributed by atoms with E-state index in [1.54, 1.807) is 12.1 Å². The number of hydrogen-bond acceptors (Lipinski definition) is 8. The van der Waals surface area contributed by atoms with Crippen LogP contribution in [0.4, 0.5) is 11.0 Å². The van der Waals surface area contributed by atoms with Crippen molar-refractivity contribution < 1.29 is 18.9 Å². The van der Waals surface area contributed by atoms with Crippen LogP contribution in [0.5, 0.6) is 0 Å². The molecule has 0 saturated heterocycles. The standard InChI is InChI=1S/C22H16N4O5S/c1-13-3-9-18-19(11-13)32-22(24-18)25(23-12-17-8-10-20(31-17)26(29)30)21(28)16-6-4-15(5-7-16)14(2)27/h3-12H,1-2H3/b23-12+. The minimum atomic E-state index is -0.660. The largest absolute Gasteiger partial charge is 0.433 e. The molecule has 0 unspecified atom stereocenters. The van der Waals surface area contributed by atoms with Gasteiger partial charge < -0.3 is 4.42 Å². The number of hydrazone groups is 1. The molecule has 0 fully saturated rings. The first kappa shape index (κ1) is 21.1. The number of carbonyl (C=O) groups is 2. The first-order chi connectivity index (χ1) is 15.3. The zero-order chi connectivity index (χ0) is 22.8. The van der Waals surface area contributed by atoms with Gasteiger partial charge >= 0.3 is 5.88 Å². The molecule has 0 N–H and O–H groups in total. The van der Waals surface area contributed by atoms with E-state index in [1.807, 2.05) is 25.1 Å². The summed E-state index contributed by atoms with van der Waals surface area (Å²) >= 11 is 1.28. The lowest BCUT2D eigenvalue weighted by molar-refractivity contribution is -0.402. The summed E-state index contributed by atoms with van der Waals surface area (Å²) in [7, 11) is 0. The van der Waals surface area contributed by atoms with E-state index in [1.165, 1.54) is 48.7 Å². The van der Waals surface area contributed by atoms with E-state index < -0.39 is 16.7 Å². The zero-order valence-corrected chi connectivity index (χ0v) is 17.8. The van der Waals surface area contributed by atoms with Crippen LogP contribution in [-0.4, -0.2) is 27.8 Å². The molecular formula is C22H16N4O5S. The van der Waals surface area contributed by atoms with Gasteiger partial charge in [-0.05, 0) is 49.7 Å². The maximum absolute atomic E-state index is 13.3. The number of thiazole rings is 1. The molecule has 0 radical (unpaired) electrons. The van der Waals surface area contributed by atoms with Crippen LogP contribution in [0.3, 0.4) is 0 Å². The summed E-state index contributed by atoms with van der Waals surface area (Å²) in [5, 5.41) is 16.5. The molecule has 0 aliphatic heterocycles. The van der Waals surface area contributed by atoms with E-state index in [0.717, 1.165) is 15.3 Å². The van der Waals surface area contributed by atoms with Crippen molar-refractivity contribution >= 4 is 50.5 Å². The van der Waals surface area contributed by atoms with Crippen molar-refractivity contribution in [1.82, 2.24) is 4.98 Å². The van der Waals surface area contributed by atoms with Gasteiger partial charge in [0.1, 0.15) is 4.92 Å². The van der Waals surface area contributed by atoms with Crippen LogP contribution < -0.4 is 5.01 Å². The average Bonchev–Trinajstić information content (AvgIpc) is 3.40. The molecule has 0 bridgehead atoms. The second kappa shape index (κ2) is 8.52. The number of aromatic nitrogens is 1. The minimum Gasteiger partial charge on any atom is -0.400 e. The van der Waals surface area contributed by atoms with Crippen LogP contribution in [-0.2, 0) is 0 Å². The third kappa shape index (κ3) is 4.30. The highest BCUT2D eigenvalue weighted by Crippen LogP contribution is 2.31. The Balaban J connectivity index is 1.73. The molecule has 0 aliphatic rings. The molecule has 160 valence electrons. The molecule has 9 nitrogen and oxygen atoms in total. The second-order valence-electron chi connectivity index (χ2n) is 6.90. The Morgan fingerprint density at radius 2 is 1.84 bits per heavy atom. The summed E-state index contributed by atoms with van der Waals surface area (Å²) in [4.78, 5) is 39.5. The summed E-state index contributed by atoms with van der Waals surface area (Å²) in [6.45, 7) is 3.40. The highest BCUT2D eigenvalue weighted by atomic mass is 32.1. The number of Topliss-reactive ketones (excluding diaryl/α,β-unsaturated/α-hetero) is 1. The third-order valence-electron chi connectivity index (χ3n) is 4.54. The molecule has 0 spiro atoms. The number of nitrogens with zero attached hydrogens (tertiary/aromatic N) is 4. The van der Waals surface area contributed by atoms with Gasteiger partial charge in [-0.25, -0.2) is 4.98 Å². The van der Waals surface area contributed by atoms with Crippen LogP contribution in [0.1, 0.15) is 39.0 Å². The molecule has 2 heterocycles. The van der Waals surface area contributed by atoms with Crippen molar-refractivity contribution in [1.29, 1.82) is 0 Å². The molecule has 2 aromatic carbocycles. The number of anilines is 1. The number of rotatable bonds is 6. The number of aryl methyl sites for hydroxylation is 1. The molecule has 1 amide bonds. The molecule has 4 rings (SSSR count). The van der Waals surface area contributed by atoms with E-state index in [9.17, 15) is 19.7 Å². The van der Waals surface area contributed by atoms with Crippen LogP contribution in [0.2, 0.25) is 0 Å². The van der Waals surface area contributed by atoms with Crippen molar-refractivity contribution in [3.63, 3.8) is 0 Å². The Labute approximate surface area is 185 Å². The van der Waals surface area contributed by atoms with Crippen LogP contribution in [0.15, 0.2) is 64.1 Å². The van der Waals surface area contributed by atoms with E-state index in [4.69, 9.17) is 4.42 Å². The average molecular weight is 448 g/mol. The lowest BCUT2D eigenvalue weighted by atomic mass is 10.1. The fourth-order valence-electron chi connectivity index (χ4n) is 2.89. The number of nitro groups is 1. The summed E-state index contributed by atoms with van der Waals surface area (Å²) in [6, 6.07) is 14.5. The van der Waals surface area contributed by atoms with Gasteiger partial charge in [-0.3, -0.25) is 19.7 Å². The summed E-state index contributed by atoms with van der Waals surface area (Å²) in [5.74, 6) is -0.911. The zero-order valence-electron chi connectivity index (χ0n) is 17.0. The van der Waals surface area contributed by atoms with E-state index >= 15 is 0 Å². The van der Waals surface area contributed by atoms with Crippen molar-refractivity contribution in [2.24, 2.45) is 5.10 Å². The predicted molar refractivity (Wildman–Crippen MR) is 121 cm³/mol. The van der Waals surface area contributed by atoms with Gasteiger partial charge in [0.05, 0.1) is 22.5 Å². The maximum atomic E-state index is 13.3. The first-order valence-electron chi connectivity index (χ1n) is 9.42. The van der Waals surface area contributed by atoms with Gasteiger partial charge in [-0.15, -0.1) is 0 Å². The Hall–Kier alpha value is -4.18. The van der Waals surface area contributed by atoms with Gasteiger partial charge in [-0.1, -0.05) is 29.5 Å². The lowest BCUT2D eigenvalue weighted by Gasteiger charge is -2.13. The molecular weight excluding hydrogens is 432 g/mol. The van der Waals surface area contributed by atoms with Crippen molar-refractivity contribution in [3.8, 4) is 0 Å². The minimum absolute atomic E-state index is 0.110. The summed E-state index contributed by atoms with van der Waals surface area (Å²) in [5.41, 5.74) is 2.55. The summed E-state index contributed by atoms with van der Waals surface area (Å²) < 4.78 is 5.98. The maximum Gasteiger partial charge on any atom is 0.433 e. The highest BCUT2D eigenvalue weighted by Gasteiger charge is 2.22. The quantitative estimate of drug-likeness (QED) is 0.177. The second-order valence-corrected chi connectivity index (χ2v) is 7.90. The first-order valence-corrected chi connectivity index (χ1v) is 10.2. The topological polar surface area (TPSA) is 119 Å². The van der Waals surface area contributed by atoms with Crippen molar-refractivity contribution in [2.45, 2.75) is 13.8 Å². The monoisotopic (exact) mass is 448 g/mol. The molecule has 2 aromatic heterocycles. The highest BCUT2D eigenvalue weighted by molar-refractivity contribution is 7.22. The van der Waals surface area contributed by atoms with Gasteiger partial charge in [0.15, 0.2) is 11.5 Å². The SMILES string of the molecule is CC(=O)c1ccc(C(=O)N(/N=C/c2ccc([N+](=O)[O-])o2)c2nc3ccc(C)cc3s2)cc1. The number of carbonyl (C=O) groups excluding carboxylic acids is 2. The number of amides is 1.